The standard InChI is InChI=1S/C16H18O2/c1-3-11-8-14(18)10-16(15(11)4-2)12-6-5-7-13(17)9-12/h5-10,17-18H,3-4H2,1-2H3. The van der Waals surface area contributed by atoms with E-state index in [1.807, 2.05) is 18.2 Å². The Morgan fingerprint density at radius 3 is 2.28 bits per heavy atom. The minimum absolute atomic E-state index is 0.246. The molecule has 0 unspecified atom stereocenters. The molecule has 2 N–H and O–H groups in total. The van der Waals surface area contributed by atoms with E-state index in [1.165, 1.54) is 5.56 Å². The first-order valence-electron chi connectivity index (χ1n) is 6.29. The van der Waals surface area contributed by atoms with Gasteiger partial charge in [-0.2, -0.15) is 0 Å². The SMILES string of the molecule is CCc1cc(O)cc(-c2cccc(O)c2)c1CC. The third-order valence-corrected chi connectivity index (χ3v) is 3.22. The first kappa shape index (κ1) is 12.5. The van der Waals surface area contributed by atoms with Crippen LogP contribution in [0.2, 0.25) is 0 Å². The van der Waals surface area contributed by atoms with Crippen LogP contribution in [0.1, 0.15) is 25.0 Å². The highest BCUT2D eigenvalue weighted by molar-refractivity contribution is 5.71. The van der Waals surface area contributed by atoms with E-state index in [0.717, 1.165) is 29.5 Å². The van der Waals surface area contributed by atoms with Gasteiger partial charge in [-0.25, -0.2) is 0 Å². The van der Waals surface area contributed by atoms with Crippen molar-refractivity contribution in [2.45, 2.75) is 26.7 Å². The van der Waals surface area contributed by atoms with Crippen molar-refractivity contribution in [3.63, 3.8) is 0 Å². The van der Waals surface area contributed by atoms with Gasteiger partial charge in [0, 0.05) is 0 Å². The van der Waals surface area contributed by atoms with Crippen molar-refractivity contribution in [3.05, 3.63) is 47.5 Å². The van der Waals surface area contributed by atoms with Crippen molar-refractivity contribution >= 4 is 0 Å². The van der Waals surface area contributed by atoms with E-state index in [0.29, 0.717) is 0 Å². The summed E-state index contributed by atoms with van der Waals surface area (Å²) in [6.07, 6.45) is 1.80. The van der Waals surface area contributed by atoms with Crippen LogP contribution in [0.3, 0.4) is 0 Å². The number of phenolic OH excluding ortho intramolecular Hbond substituents is 2. The molecule has 0 fully saturated rings. The lowest BCUT2D eigenvalue weighted by molar-refractivity contribution is 0.473. The first-order chi connectivity index (χ1) is 8.65. The van der Waals surface area contributed by atoms with Crippen molar-refractivity contribution in [1.82, 2.24) is 0 Å². The number of phenols is 2. The van der Waals surface area contributed by atoms with Crippen LogP contribution in [0.15, 0.2) is 36.4 Å². The van der Waals surface area contributed by atoms with Crippen molar-refractivity contribution < 1.29 is 10.2 Å². The van der Waals surface area contributed by atoms with Crippen LogP contribution in [0.25, 0.3) is 11.1 Å². The normalized spacial score (nSPS) is 10.6. The zero-order valence-corrected chi connectivity index (χ0v) is 10.8. The Kier molecular flexibility index (Phi) is 3.56. The lowest BCUT2D eigenvalue weighted by atomic mass is 9.92. The molecular formula is C16H18O2. The van der Waals surface area contributed by atoms with Crippen LogP contribution in [-0.4, -0.2) is 10.2 Å². The Labute approximate surface area is 108 Å². The maximum absolute atomic E-state index is 9.81. The summed E-state index contributed by atoms with van der Waals surface area (Å²) in [6.45, 7) is 4.19. The van der Waals surface area contributed by atoms with Crippen LogP contribution in [0, 0.1) is 0 Å². The van der Waals surface area contributed by atoms with E-state index in [2.05, 4.69) is 13.8 Å². The number of aromatic hydroxyl groups is 2. The summed E-state index contributed by atoms with van der Waals surface area (Å²) in [5.74, 6) is 0.526. The third-order valence-electron chi connectivity index (χ3n) is 3.22. The summed E-state index contributed by atoms with van der Waals surface area (Å²) in [7, 11) is 0. The Hall–Kier alpha value is -1.96. The summed E-state index contributed by atoms with van der Waals surface area (Å²) in [5, 5.41) is 19.4. The van der Waals surface area contributed by atoms with E-state index < -0.39 is 0 Å². The molecule has 0 heterocycles. The molecule has 0 aliphatic rings. The third kappa shape index (κ3) is 2.33. The summed E-state index contributed by atoms with van der Waals surface area (Å²) in [5.41, 5.74) is 4.35. The second-order valence-corrected chi connectivity index (χ2v) is 4.39. The van der Waals surface area contributed by atoms with E-state index in [1.54, 1.807) is 18.2 Å². The van der Waals surface area contributed by atoms with E-state index >= 15 is 0 Å². The van der Waals surface area contributed by atoms with Crippen LogP contribution >= 0.6 is 0 Å². The summed E-state index contributed by atoms with van der Waals surface area (Å²) in [6, 6.07) is 10.7. The maximum atomic E-state index is 9.81. The number of benzene rings is 2. The zero-order valence-electron chi connectivity index (χ0n) is 10.8. The highest BCUT2D eigenvalue weighted by Gasteiger charge is 2.10. The monoisotopic (exact) mass is 242 g/mol. The summed E-state index contributed by atoms with van der Waals surface area (Å²) in [4.78, 5) is 0. The molecular weight excluding hydrogens is 224 g/mol. The molecule has 0 saturated heterocycles. The molecule has 94 valence electrons. The minimum atomic E-state index is 0.246. The second-order valence-electron chi connectivity index (χ2n) is 4.39. The Morgan fingerprint density at radius 2 is 1.67 bits per heavy atom. The minimum Gasteiger partial charge on any atom is -0.508 e. The highest BCUT2D eigenvalue weighted by atomic mass is 16.3. The molecule has 0 aromatic heterocycles. The van der Waals surface area contributed by atoms with Gasteiger partial charge in [0.1, 0.15) is 11.5 Å². The van der Waals surface area contributed by atoms with Crippen LogP contribution < -0.4 is 0 Å². The predicted molar refractivity (Wildman–Crippen MR) is 74.0 cm³/mol. The Bertz CT molecular complexity index is 559. The Morgan fingerprint density at radius 1 is 0.889 bits per heavy atom. The smallest absolute Gasteiger partial charge is 0.116 e. The number of aryl methyl sites for hydroxylation is 1. The van der Waals surface area contributed by atoms with Crippen molar-refractivity contribution in [3.8, 4) is 22.6 Å². The molecule has 0 spiro atoms. The molecule has 0 aliphatic carbocycles. The van der Waals surface area contributed by atoms with E-state index in [9.17, 15) is 10.2 Å². The van der Waals surface area contributed by atoms with Gasteiger partial charge in [-0.3, -0.25) is 0 Å². The van der Waals surface area contributed by atoms with Gasteiger partial charge in [0.15, 0.2) is 0 Å². The molecule has 2 aromatic rings. The Balaban J connectivity index is 2.66. The maximum Gasteiger partial charge on any atom is 0.116 e. The van der Waals surface area contributed by atoms with Gasteiger partial charge in [0.05, 0.1) is 0 Å². The fourth-order valence-electron chi connectivity index (χ4n) is 2.38. The molecule has 18 heavy (non-hydrogen) atoms. The second kappa shape index (κ2) is 5.13. The topological polar surface area (TPSA) is 40.5 Å². The zero-order chi connectivity index (χ0) is 13.1. The first-order valence-corrected chi connectivity index (χ1v) is 6.29. The fraction of sp³-hybridized carbons (Fsp3) is 0.250. The fourth-order valence-corrected chi connectivity index (χ4v) is 2.38. The van der Waals surface area contributed by atoms with Crippen molar-refractivity contribution in [2.24, 2.45) is 0 Å². The molecule has 0 saturated carbocycles. The van der Waals surface area contributed by atoms with Crippen molar-refractivity contribution in [1.29, 1.82) is 0 Å². The molecule has 2 aromatic carbocycles. The van der Waals surface area contributed by atoms with E-state index in [-0.39, 0.29) is 11.5 Å². The average molecular weight is 242 g/mol. The lowest BCUT2D eigenvalue weighted by Crippen LogP contribution is -1.95. The number of hydrogen-bond donors (Lipinski definition) is 2. The van der Waals surface area contributed by atoms with Crippen molar-refractivity contribution in [2.75, 3.05) is 0 Å². The largest absolute Gasteiger partial charge is 0.508 e. The highest BCUT2D eigenvalue weighted by Crippen LogP contribution is 2.32. The number of rotatable bonds is 3. The van der Waals surface area contributed by atoms with E-state index in [4.69, 9.17) is 0 Å². The van der Waals surface area contributed by atoms with Gasteiger partial charge in [0.2, 0.25) is 0 Å². The van der Waals surface area contributed by atoms with Gasteiger partial charge in [-0.15, -0.1) is 0 Å². The molecule has 2 rings (SSSR count). The molecule has 0 bridgehead atoms. The summed E-state index contributed by atoms with van der Waals surface area (Å²) >= 11 is 0. The van der Waals surface area contributed by atoms with Crippen LogP contribution in [0.4, 0.5) is 0 Å². The molecule has 0 aliphatic heterocycles. The summed E-state index contributed by atoms with van der Waals surface area (Å²) < 4.78 is 0. The molecule has 0 amide bonds. The molecule has 2 heteroatoms. The molecule has 0 atom stereocenters. The van der Waals surface area contributed by atoms with Gasteiger partial charge < -0.3 is 10.2 Å². The number of hydrogen-bond acceptors (Lipinski definition) is 2. The lowest BCUT2D eigenvalue weighted by Gasteiger charge is -2.14. The van der Waals surface area contributed by atoms with Gasteiger partial charge in [-0.05, 0) is 59.4 Å². The predicted octanol–water partition coefficient (Wildman–Crippen LogP) is 3.89. The van der Waals surface area contributed by atoms with Gasteiger partial charge in [-0.1, -0.05) is 26.0 Å². The van der Waals surface area contributed by atoms with Gasteiger partial charge >= 0.3 is 0 Å². The quantitative estimate of drug-likeness (QED) is 0.857. The van der Waals surface area contributed by atoms with Crippen LogP contribution in [0.5, 0.6) is 11.5 Å². The van der Waals surface area contributed by atoms with Gasteiger partial charge in [0.25, 0.3) is 0 Å². The molecule has 2 nitrogen and oxygen atoms in total. The van der Waals surface area contributed by atoms with Crippen LogP contribution in [-0.2, 0) is 12.8 Å². The molecule has 0 radical (unpaired) electrons. The average Bonchev–Trinajstić information content (AvgIpc) is 2.37.